The summed E-state index contributed by atoms with van der Waals surface area (Å²) in [7, 11) is 0. The summed E-state index contributed by atoms with van der Waals surface area (Å²) in [5.41, 5.74) is 4.29. The zero-order chi connectivity index (χ0) is 16.1. The Labute approximate surface area is 136 Å². The third kappa shape index (κ3) is 4.10. The summed E-state index contributed by atoms with van der Waals surface area (Å²) in [4.78, 5) is 0. The molecular formula is C20H21N2O+. The van der Waals surface area contributed by atoms with Crippen molar-refractivity contribution in [2.45, 2.75) is 20.0 Å². The van der Waals surface area contributed by atoms with E-state index in [2.05, 4.69) is 58.7 Å². The Morgan fingerprint density at radius 3 is 2.52 bits per heavy atom. The van der Waals surface area contributed by atoms with Crippen LogP contribution in [0.2, 0.25) is 0 Å². The van der Waals surface area contributed by atoms with Crippen LogP contribution in [-0.2, 0) is 13.1 Å². The van der Waals surface area contributed by atoms with E-state index in [9.17, 15) is 5.11 Å². The SMILES string of the molecule is Cc1ccc(NCc2ccc[n+](Cc3ccccc3)c2)cc1O. The molecule has 0 bridgehead atoms. The van der Waals surface area contributed by atoms with Crippen molar-refractivity contribution in [3.05, 3.63) is 89.7 Å². The number of hydrogen-bond donors (Lipinski definition) is 2. The molecule has 0 fully saturated rings. The van der Waals surface area contributed by atoms with E-state index in [1.54, 1.807) is 6.07 Å². The maximum absolute atomic E-state index is 9.76. The molecule has 0 atom stereocenters. The standard InChI is InChI=1S/C20H20N2O/c1-16-9-10-19(12-20(16)23)21-13-18-8-5-11-22(15-18)14-17-6-3-2-4-7-17/h2-12,15,21H,13-14H2,1H3/p+1. The minimum Gasteiger partial charge on any atom is -0.508 e. The van der Waals surface area contributed by atoms with Crippen molar-refractivity contribution in [2.24, 2.45) is 0 Å². The number of aryl methyl sites for hydroxylation is 1. The fourth-order valence-corrected chi connectivity index (χ4v) is 2.50. The molecule has 116 valence electrons. The van der Waals surface area contributed by atoms with Crippen LogP contribution in [-0.4, -0.2) is 5.11 Å². The molecule has 1 aromatic heterocycles. The van der Waals surface area contributed by atoms with E-state index < -0.39 is 0 Å². The van der Waals surface area contributed by atoms with Gasteiger partial charge in [0, 0.05) is 35.5 Å². The first-order chi connectivity index (χ1) is 11.2. The highest BCUT2D eigenvalue weighted by atomic mass is 16.3. The van der Waals surface area contributed by atoms with Gasteiger partial charge in [-0.2, -0.15) is 0 Å². The molecule has 0 saturated heterocycles. The fraction of sp³-hybridized carbons (Fsp3) is 0.150. The van der Waals surface area contributed by atoms with E-state index in [1.807, 2.05) is 25.1 Å². The third-order valence-electron chi connectivity index (χ3n) is 3.83. The highest BCUT2D eigenvalue weighted by Gasteiger charge is 2.05. The molecule has 0 unspecified atom stereocenters. The molecule has 0 aliphatic heterocycles. The minimum atomic E-state index is 0.321. The number of phenols is 1. The lowest BCUT2D eigenvalue weighted by Crippen LogP contribution is -2.34. The van der Waals surface area contributed by atoms with E-state index in [0.29, 0.717) is 5.75 Å². The maximum Gasteiger partial charge on any atom is 0.174 e. The molecule has 1 heterocycles. The van der Waals surface area contributed by atoms with Crippen LogP contribution in [0, 0.1) is 6.92 Å². The van der Waals surface area contributed by atoms with Crippen molar-refractivity contribution in [1.82, 2.24) is 0 Å². The van der Waals surface area contributed by atoms with Gasteiger partial charge in [-0.15, -0.1) is 0 Å². The number of benzene rings is 2. The number of aromatic nitrogens is 1. The number of phenolic OH excluding ortho intramolecular Hbond substituents is 1. The normalized spacial score (nSPS) is 10.5. The van der Waals surface area contributed by atoms with Gasteiger partial charge in [0.25, 0.3) is 0 Å². The van der Waals surface area contributed by atoms with Gasteiger partial charge in [-0.1, -0.05) is 36.4 Å². The fourth-order valence-electron chi connectivity index (χ4n) is 2.50. The predicted molar refractivity (Wildman–Crippen MR) is 92.4 cm³/mol. The zero-order valence-corrected chi connectivity index (χ0v) is 13.2. The van der Waals surface area contributed by atoms with Gasteiger partial charge in [-0.25, -0.2) is 4.57 Å². The molecule has 3 aromatic rings. The third-order valence-corrected chi connectivity index (χ3v) is 3.83. The molecule has 0 amide bonds. The molecule has 23 heavy (non-hydrogen) atoms. The minimum absolute atomic E-state index is 0.321. The van der Waals surface area contributed by atoms with Crippen LogP contribution in [0.25, 0.3) is 0 Å². The molecule has 3 heteroatoms. The van der Waals surface area contributed by atoms with Crippen LogP contribution in [0.1, 0.15) is 16.7 Å². The number of pyridine rings is 1. The van der Waals surface area contributed by atoms with E-state index in [0.717, 1.165) is 24.3 Å². The van der Waals surface area contributed by atoms with E-state index in [1.165, 1.54) is 11.1 Å². The van der Waals surface area contributed by atoms with Gasteiger partial charge in [0.05, 0.1) is 0 Å². The average molecular weight is 305 g/mol. The number of rotatable bonds is 5. The first kappa shape index (κ1) is 15.1. The van der Waals surface area contributed by atoms with Crippen molar-refractivity contribution in [3.8, 4) is 5.75 Å². The van der Waals surface area contributed by atoms with Crippen molar-refractivity contribution in [3.63, 3.8) is 0 Å². The molecule has 3 rings (SSSR count). The second kappa shape index (κ2) is 6.97. The highest BCUT2D eigenvalue weighted by molar-refractivity contribution is 5.51. The molecular weight excluding hydrogens is 284 g/mol. The van der Waals surface area contributed by atoms with Gasteiger partial charge in [-0.3, -0.25) is 0 Å². The van der Waals surface area contributed by atoms with Gasteiger partial charge in [0.2, 0.25) is 0 Å². The lowest BCUT2D eigenvalue weighted by Gasteiger charge is -2.07. The summed E-state index contributed by atoms with van der Waals surface area (Å²) in [6.07, 6.45) is 4.22. The molecule has 0 spiro atoms. The van der Waals surface area contributed by atoms with E-state index in [4.69, 9.17) is 0 Å². The Morgan fingerprint density at radius 1 is 0.957 bits per heavy atom. The topological polar surface area (TPSA) is 36.1 Å². The number of hydrogen-bond acceptors (Lipinski definition) is 2. The number of nitrogens with zero attached hydrogens (tertiary/aromatic N) is 1. The predicted octanol–water partition coefficient (Wildman–Crippen LogP) is 3.65. The van der Waals surface area contributed by atoms with Gasteiger partial charge < -0.3 is 10.4 Å². The molecule has 0 radical (unpaired) electrons. The summed E-state index contributed by atoms with van der Waals surface area (Å²) < 4.78 is 2.18. The van der Waals surface area contributed by atoms with Crippen molar-refractivity contribution >= 4 is 5.69 Å². The Kier molecular flexibility index (Phi) is 4.57. The van der Waals surface area contributed by atoms with Crippen molar-refractivity contribution in [2.75, 3.05) is 5.32 Å². The Bertz CT molecular complexity index is 785. The lowest BCUT2D eigenvalue weighted by atomic mass is 10.2. The monoisotopic (exact) mass is 305 g/mol. The lowest BCUT2D eigenvalue weighted by molar-refractivity contribution is -0.688. The van der Waals surface area contributed by atoms with Gasteiger partial charge in [0.1, 0.15) is 5.75 Å². The maximum atomic E-state index is 9.76. The molecule has 2 N–H and O–H groups in total. The molecule has 3 nitrogen and oxygen atoms in total. The van der Waals surface area contributed by atoms with E-state index in [-0.39, 0.29) is 0 Å². The summed E-state index contributed by atoms with van der Waals surface area (Å²) in [5, 5.41) is 13.1. The Hall–Kier alpha value is -2.81. The first-order valence-electron chi connectivity index (χ1n) is 7.76. The van der Waals surface area contributed by atoms with Crippen LogP contribution in [0.3, 0.4) is 0 Å². The second-order valence-corrected chi connectivity index (χ2v) is 5.72. The largest absolute Gasteiger partial charge is 0.508 e. The van der Waals surface area contributed by atoms with Gasteiger partial charge in [0.15, 0.2) is 18.9 Å². The van der Waals surface area contributed by atoms with Crippen LogP contribution in [0.5, 0.6) is 5.75 Å². The van der Waals surface area contributed by atoms with Crippen LogP contribution >= 0.6 is 0 Å². The Morgan fingerprint density at radius 2 is 1.74 bits per heavy atom. The summed E-state index contributed by atoms with van der Waals surface area (Å²) in [5.74, 6) is 0.321. The highest BCUT2D eigenvalue weighted by Crippen LogP contribution is 2.21. The second-order valence-electron chi connectivity index (χ2n) is 5.72. The quantitative estimate of drug-likeness (QED) is 0.706. The van der Waals surface area contributed by atoms with Crippen LogP contribution < -0.4 is 9.88 Å². The number of nitrogens with one attached hydrogen (secondary N) is 1. The van der Waals surface area contributed by atoms with Gasteiger partial charge >= 0.3 is 0 Å². The Balaban J connectivity index is 1.66. The van der Waals surface area contributed by atoms with E-state index >= 15 is 0 Å². The molecule has 2 aromatic carbocycles. The molecule has 0 saturated carbocycles. The summed E-state index contributed by atoms with van der Waals surface area (Å²) >= 11 is 0. The number of aromatic hydroxyl groups is 1. The number of anilines is 1. The van der Waals surface area contributed by atoms with Crippen molar-refractivity contribution in [1.29, 1.82) is 0 Å². The van der Waals surface area contributed by atoms with Gasteiger partial charge in [-0.05, 0) is 24.6 Å². The summed E-state index contributed by atoms with van der Waals surface area (Å²) in [6, 6.07) is 20.2. The summed E-state index contributed by atoms with van der Waals surface area (Å²) in [6.45, 7) is 3.47. The van der Waals surface area contributed by atoms with Crippen LogP contribution in [0.4, 0.5) is 5.69 Å². The molecule has 0 aliphatic rings. The van der Waals surface area contributed by atoms with Crippen LogP contribution in [0.15, 0.2) is 73.1 Å². The molecule has 0 aliphatic carbocycles. The first-order valence-corrected chi connectivity index (χ1v) is 7.76. The zero-order valence-electron chi connectivity index (χ0n) is 13.2. The average Bonchev–Trinajstić information content (AvgIpc) is 2.57. The van der Waals surface area contributed by atoms with Crippen molar-refractivity contribution < 1.29 is 9.67 Å². The smallest absolute Gasteiger partial charge is 0.174 e.